The highest BCUT2D eigenvalue weighted by Gasteiger charge is 2.25. The molecular weight excluding hydrogens is 316 g/mol. The number of carbonyl (C=O) groups excluding carboxylic acids is 4. The van der Waals surface area contributed by atoms with E-state index in [4.69, 9.17) is 16.2 Å². The van der Waals surface area contributed by atoms with Crippen LogP contribution in [-0.4, -0.2) is 36.8 Å². The predicted molar refractivity (Wildman–Crippen MR) is 84.5 cm³/mol. The van der Waals surface area contributed by atoms with Gasteiger partial charge in [0.25, 0.3) is 0 Å². The van der Waals surface area contributed by atoms with E-state index in [-0.39, 0.29) is 12.3 Å². The maximum absolute atomic E-state index is 12.0. The topological polar surface area (TPSA) is 154 Å². The van der Waals surface area contributed by atoms with Gasteiger partial charge in [0, 0.05) is 6.92 Å². The van der Waals surface area contributed by atoms with E-state index >= 15 is 0 Å². The second-order valence-electron chi connectivity index (χ2n) is 5.04. The number of primary amides is 2. The second kappa shape index (κ2) is 8.51. The first-order chi connectivity index (χ1) is 11.2. The summed E-state index contributed by atoms with van der Waals surface area (Å²) in [6, 6.07) is 4.47. The third kappa shape index (κ3) is 5.59. The molecule has 1 unspecified atom stereocenters. The summed E-state index contributed by atoms with van der Waals surface area (Å²) in [5.74, 6) is -2.50. The molecule has 0 aliphatic carbocycles. The van der Waals surface area contributed by atoms with E-state index < -0.39 is 29.8 Å². The molecule has 130 valence electrons. The molecule has 0 saturated carbocycles. The van der Waals surface area contributed by atoms with Gasteiger partial charge in [-0.3, -0.25) is 19.2 Å². The van der Waals surface area contributed by atoms with Gasteiger partial charge in [-0.25, -0.2) is 0 Å². The van der Waals surface area contributed by atoms with Gasteiger partial charge in [-0.1, -0.05) is 12.1 Å². The van der Waals surface area contributed by atoms with Crippen LogP contribution in [0.1, 0.15) is 24.9 Å². The molecule has 0 spiro atoms. The van der Waals surface area contributed by atoms with Gasteiger partial charge in [0.05, 0.1) is 19.6 Å². The van der Waals surface area contributed by atoms with E-state index in [0.717, 1.165) is 0 Å². The van der Waals surface area contributed by atoms with Crippen molar-refractivity contribution in [3.05, 3.63) is 29.8 Å². The van der Waals surface area contributed by atoms with Crippen LogP contribution in [0, 0.1) is 0 Å². The number of rotatable bonds is 8. The van der Waals surface area contributed by atoms with E-state index in [1.807, 2.05) is 0 Å². The Bertz CT molecular complexity index is 615. The van der Waals surface area contributed by atoms with Gasteiger partial charge in [0.2, 0.25) is 23.6 Å². The number of benzene rings is 1. The average molecular weight is 336 g/mol. The Kier molecular flexibility index (Phi) is 6.72. The van der Waals surface area contributed by atoms with Gasteiger partial charge < -0.3 is 26.8 Å². The number of nitrogens with one attached hydrogen (secondary N) is 2. The van der Waals surface area contributed by atoms with E-state index in [1.54, 1.807) is 24.3 Å². The minimum atomic E-state index is -1.61. The standard InChI is InChI=1S/C15H20N4O5/c1-8(20)18-11(9-3-5-10(24-2)6-4-9)7-12(21)19-13(14(16)22)15(17)23/h3-6,11,13H,7H2,1-2H3,(H2,16,22)(H2,17,23)(H,18,20)(H,19,21). The molecule has 0 radical (unpaired) electrons. The Balaban J connectivity index is 2.88. The van der Waals surface area contributed by atoms with Gasteiger partial charge in [-0.15, -0.1) is 0 Å². The average Bonchev–Trinajstić information content (AvgIpc) is 2.51. The fourth-order valence-electron chi connectivity index (χ4n) is 2.02. The largest absolute Gasteiger partial charge is 0.497 e. The molecule has 0 saturated heterocycles. The number of carbonyl (C=O) groups is 4. The predicted octanol–water partition coefficient (Wildman–Crippen LogP) is -1.28. The van der Waals surface area contributed by atoms with Crippen molar-refractivity contribution in [2.75, 3.05) is 7.11 Å². The molecule has 0 bridgehead atoms. The zero-order chi connectivity index (χ0) is 18.3. The first-order valence-electron chi connectivity index (χ1n) is 7.03. The van der Waals surface area contributed by atoms with Gasteiger partial charge >= 0.3 is 0 Å². The van der Waals surface area contributed by atoms with Crippen LogP contribution in [-0.2, 0) is 19.2 Å². The van der Waals surface area contributed by atoms with Crippen LogP contribution in [0.2, 0.25) is 0 Å². The van der Waals surface area contributed by atoms with Gasteiger partial charge in [-0.2, -0.15) is 0 Å². The Morgan fingerprint density at radius 3 is 2.00 bits per heavy atom. The highest BCUT2D eigenvalue weighted by molar-refractivity contribution is 6.05. The lowest BCUT2D eigenvalue weighted by Crippen LogP contribution is -2.52. The third-order valence-corrected chi connectivity index (χ3v) is 3.16. The van der Waals surface area contributed by atoms with Crippen molar-refractivity contribution in [2.45, 2.75) is 25.4 Å². The fourth-order valence-corrected chi connectivity index (χ4v) is 2.02. The monoisotopic (exact) mass is 336 g/mol. The number of hydrogen-bond donors (Lipinski definition) is 4. The molecule has 24 heavy (non-hydrogen) atoms. The Morgan fingerprint density at radius 2 is 1.58 bits per heavy atom. The molecule has 1 aromatic carbocycles. The normalized spacial score (nSPS) is 11.5. The lowest BCUT2D eigenvalue weighted by molar-refractivity contribution is -0.134. The number of methoxy groups -OCH3 is 1. The Labute approximate surface area is 138 Å². The van der Waals surface area contributed by atoms with E-state index in [1.165, 1.54) is 14.0 Å². The molecule has 0 aliphatic rings. The minimum absolute atomic E-state index is 0.205. The molecule has 0 aromatic heterocycles. The van der Waals surface area contributed by atoms with E-state index in [0.29, 0.717) is 11.3 Å². The second-order valence-corrected chi connectivity index (χ2v) is 5.04. The quantitative estimate of drug-likeness (QED) is 0.435. The van der Waals surface area contributed by atoms with Crippen molar-refractivity contribution >= 4 is 23.6 Å². The summed E-state index contributed by atoms with van der Waals surface area (Å²) in [7, 11) is 1.52. The van der Waals surface area contributed by atoms with Gasteiger partial charge in [0.1, 0.15) is 5.75 Å². The number of ether oxygens (including phenoxy) is 1. The molecular formula is C15H20N4O5. The fraction of sp³-hybridized carbons (Fsp3) is 0.333. The molecule has 1 aromatic rings. The highest BCUT2D eigenvalue weighted by Crippen LogP contribution is 2.20. The maximum Gasteiger partial charge on any atom is 0.249 e. The maximum atomic E-state index is 12.0. The number of hydrogen-bond acceptors (Lipinski definition) is 5. The molecule has 0 fully saturated rings. The minimum Gasteiger partial charge on any atom is -0.497 e. The van der Waals surface area contributed by atoms with Crippen molar-refractivity contribution in [1.82, 2.24) is 10.6 Å². The van der Waals surface area contributed by atoms with E-state index in [9.17, 15) is 19.2 Å². The van der Waals surface area contributed by atoms with Crippen molar-refractivity contribution in [1.29, 1.82) is 0 Å². The lowest BCUT2D eigenvalue weighted by atomic mass is 10.0. The summed E-state index contributed by atoms with van der Waals surface area (Å²) in [5, 5.41) is 4.77. The van der Waals surface area contributed by atoms with Crippen molar-refractivity contribution in [3.63, 3.8) is 0 Å². The van der Waals surface area contributed by atoms with Crippen molar-refractivity contribution < 1.29 is 23.9 Å². The van der Waals surface area contributed by atoms with Crippen LogP contribution >= 0.6 is 0 Å². The van der Waals surface area contributed by atoms with Crippen molar-refractivity contribution in [2.24, 2.45) is 11.5 Å². The molecule has 1 atom stereocenters. The van der Waals surface area contributed by atoms with Crippen LogP contribution in [0.5, 0.6) is 5.75 Å². The summed E-state index contributed by atoms with van der Waals surface area (Å²) >= 11 is 0. The zero-order valence-corrected chi connectivity index (χ0v) is 13.4. The van der Waals surface area contributed by atoms with Crippen molar-refractivity contribution in [3.8, 4) is 5.75 Å². The SMILES string of the molecule is COc1ccc(C(CC(=O)NC(C(N)=O)C(N)=O)NC(C)=O)cc1. The lowest BCUT2D eigenvalue weighted by Gasteiger charge is -2.19. The summed E-state index contributed by atoms with van der Waals surface area (Å²) in [4.78, 5) is 45.6. The summed E-state index contributed by atoms with van der Waals surface area (Å²) in [5.41, 5.74) is 10.7. The molecule has 0 heterocycles. The molecule has 9 nitrogen and oxygen atoms in total. The zero-order valence-electron chi connectivity index (χ0n) is 13.4. The molecule has 4 amide bonds. The third-order valence-electron chi connectivity index (χ3n) is 3.16. The number of amides is 4. The number of nitrogens with two attached hydrogens (primary N) is 2. The first kappa shape index (κ1) is 18.9. The van der Waals surface area contributed by atoms with Gasteiger partial charge in [0.15, 0.2) is 6.04 Å². The van der Waals surface area contributed by atoms with Crippen LogP contribution in [0.3, 0.4) is 0 Å². The van der Waals surface area contributed by atoms with Crippen LogP contribution < -0.4 is 26.8 Å². The summed E-state index contributed by atoms with van der Waals surface area (Å²) < 4.78 is 5.05. The first-order valence-corrected chi connectivity index (χ1v) is 7.03. The van der Waals surface area contributed by atoms with Crippen LogP contribution in [0.25, 0.3) is 0 Å². The summed E-state index contributed by atoms with van der Waals surface area (Å²) in [6.45, 7) is 1.31. The molecule has 1 rings (SSSR count). The Hall–Kier alpha value is -3.10. The van der Waals surface area contributed by atoms with Crippen LogP contribution in [0.4, 0.5) is 0 Å². The Morgan fingerprint density at radius 1 is 1.04 bits per heavy atom. The summed E-state index contributed by atoms with van der Waals surface area (Å²) in [6.07, 6.45) is -0.205. The van der Waals surface area contributed by atoms with Gasteiger partial charge in [-0.05, 0) is 17.7 Å². The molecule has 0 aliphatic heterocycles. The molecule has 9 heteroatoms. The smallest absolute Gasteiger partial charge is 0.249 e. The van der Waals surface area contributed by atoms with Crippen LogP contribution in [0.15, 0.2) is 24.3 Å². The van der Waals surface area contributed by atoms with E-state index in [2.05, 4.69) is 10.6 Å². The highest BCUT2D eigenvalue weighted by atomic mass is 16.5. The molecule has 6 N–H and O–H groups in total.